The molecule has 0 saturated carbocycles. The zero-order valence-electron chi connectivity index (χ0n) is 13.2. The van der Waals surface area contributed by atoms with E-state index in [1.807, 2.05) is 11.4 Å². The third kappa shape index (κ3) is 3.61. The third-order valence-corrected chi connectivity index (χ3v) is 6.16. The van der Waals surface area contributed by atoms with Crippen LogP contribution in [0.15, 0.2) is 50.8 Å². The van der Waals surface area contributed by atoms with Gasteiger partial charge in [-0.2, -0.15) is 4.98 Å². The average Bonchev–Trinajstić information content (AvgIpc) is 3.25. The number of piperidine rings is 1. The lowest BCUT2D eigenvalue weighted by Crippen LogP contribution is -2.32. The molecule has 0 spiro atoms. The monoisotopic (exact) mass is 403 g/mol. The maximum Gasteiger partial charge on any atom is 0.241 e. The molecule has 3 aromatic rings. The van der Waals surface area contributed by atoms with E-state index >= 15 is 0 Å². The van der Waals surface area contributed by atoms with Crippen molar-refractivity contribution in [2.24, 2.45) is 0 Å². The molecule has 1 fully saturated rings. The number of thiophene rings is 1. The fourth-order valence-corrected chi connectivity index (χ4v) is 4.54. The largest absolute Gasteiger partial charge is 0.338 e. The lowest BCUT2D eigenvalue weighted by atomic mass is 9.89. The Morgan fingerprint density at radius 1 is 1.21 bits per heavy atom. The van der Waals surface area contributed by atoms with E-state index < -0.39 is 0 Å². The number of benzene rings is 1. The Hall–Kier alpha value is -1.50. The van der Waals surface area contributed by atoms with Gasteiger partial charge in [-0.05, 0) is 59.4 Å². The second-order valence-electron chi connectivity index (χ2n) is 6.10. The number of hydrogen-bond acceptors (Lipinski definition) is 5. The van der Waals surface area contributed by atoms with Crippen molar-refractivity contribution in [3.05, 3.63) is 57.7 Å². The molecule has 0 N–H and O–H groups in total. The summed E-state index contributed by atoms with van der Waals surface area (Å²) in [6.45, 7) is 2.88. The van der Waals surface area contributed by atoms with E-state index in [9.17, 15) is 0 Å². The minimum absolute atomic E-state index is 0.671. The van der Waals surface area contributed by atoms with Crippen molar-refractivity contribution in [2.45, 2.75) is 25.3 Å². The molecule has 3 heterocycles. The van der Waals surface area contributed by atoms with Crippen LogP contribution in [-0.4, -0.2) is 28.1 Å². The van der Waals surface area contributed by atoms with E-state index in [0.717, 1.165) is 29.0 Å². The van der Waals surface area contributed by atoms with Gasteiger partial charge in [-0.15, -0.1) is 11.3 Å². The van der Waals surface area contributed by atoms with E-state index in [1.54, 1.807) is 11.3 Å². The predicted octanol–water partition coefficient (Wildman–Crippen LogP) is 4.94. The van der Waals surface area contributed by atoms with Crippen LogP contribution in [0.2, 0.25) is 0 Å². The summed E-state index contributed by atoms with van der Waals surface area (Å²) in [5.74, 6) is 2.05. The van der Waals surface area contributed by atoms with Crippen molar-refractivity contribution in [2.75, 3.05) is 13.1 Å². The highest BCUT2D eigenvalue weighted by molar-refractivity contribution is 9.10. The summed E-state index contributed by atoms with van der Waals surface area (Å²) in [5.41, 5.74) is 1.46. The Labute approximate surface area is 153 Å². The van der Waals surface area contributed by atoms with Crippen LogP contribution in [0.4, 0.5) is 0 Å². The van der Waals surface area contributed by atoms with Crippen molar-refractivity contribution in [1.82, 2.24) is 15.0 Å². The number of hydrogen-bond donors (Lipinski definition) is 0. The van der Waals surface area contributed by atoms with Crippen LogP contribution >= 0.6 is 27.3 Å². The molecule has 0 atom stereocenters. The van der Waals surface area contributed by atoms with Crippen LogP contribution in [0.25, 0.3) is 10.7 Å². The smallest absolute Gasteiger partial charge is 0.241 e. The molecule has 1 aliphatic heterocycles. The summed E-state index contributed by atoms with van der Waals surface area (Å²) in [6.07, 6.45) is 2.37. The minimum atomic E-state index is 0.671. The van der Waals surface area contributed by atoms with Gasteiger partial charge in [0.05, 0.1) is 11.4 Å². The average molecular weight is 404 g/mol. The van der Waals surface area contributed by atoms with Gasteiger partial charge in [0.15, 0.2) is 0 Å². The number of halogens is 1. The fraction of sp³-hybridized carbons (Fsp3) is 0.333. The molecule has 4 nitrogen and oxygen atoms in total. The van der Waals surface area contributed by atoms with Gasteiger partial charge < -0.3 is 4.52 Å². The van der Waals surface area contributed by atoms with E-state index in [0.29, 0.717) is 17.6 Å². The number of aromatic nitrogens is 2. The fourth-order valence-electron chi connectivity index (χ4n) is 3.19. The molecule has 0 aliphatic carbocycles. The second-order valence-corrected chi connectivity index (χ2v) is 7.93. The SMILES string of the molecule is Brc1csc(-c2noc(CN3CCC(c4ccccc4)CC3)n2)c1. The number of rotatable bonds is 4. The summed E-state index contributed by atoms with van der Waals surface area (Å²) in [5, 5.41) is 6.13. The maximum absolute atomic E-state index is 5.43. The van der Waals surface area contributed by atoms with Crippen LogP contribution < -0.4 is 0 Å². The third-order valence-electron chi connectivity index (χ3n) is 4.47. The zero-order chi connectivity index (χ0) is 16.4. The van der Waals surface area contributed by atoms with Gasteiger partial charge in [0.2, 0.25) is 11.7 Å². The standard InChI is InChI=1S/C18H18BrN3OS/c19-15-10-16(24-12-15)18-20-17(23-21-18)11-22-8-6-14(7-9-22)13-4-2-1-3-5-13/h1-5,10,12,14H,6-9,11H2. The lowest BCUT2D eigenvalue weighted by Gasteiger charge is -2.31. The normalized spacial score (nSPS) is 16.5. The molecule has 0 amide bonds. The molecule has 24 heavy (non-hydrogen) atoms. The molecule has 6 heteroatoms. The molecule has 1 aromatic carbocycles. The van der Waals surface area contributed by atoms with E-state index in [1.165, 1.54) is 18.4 Å². The highest BCUT2D eigenvalue weighted by Crippen LogP contribution is 2.30. The number of nitrogens with zero attached hydrogens (tertiary/aromatic N) is 3. The Kier molecular flexibility index (Phi) is 4.78. The quantitative estimate of drug-likeness (QED) is 0.618. The van der Waals surface area contributed by atoms with Crippen LogP contribution in [0.5, 0.6) is 0 Å². The molecule has 4 rings (SSSR count). The Bertz CT molecular complexity index is 793. The molecule has 0 radical (unpaired) electrons. The number of likely N-dealkylation sites (tertiary alicyclic amines) is 1. The molecule has 1 saturated heterocycles. The van der Waals surface area contributed by atoms with Gasteiger partial charge in [-0.3, -0.25) is 4.90 Å². The van der Waals surface area contributed by atoms with Crippen molar-refractivity contribution >= 4 is 27.3 Å². The van der Waals surface area contributed by atoms with Crippen molar-refractivity contribution in [3.63, 3.8) is 0 Å². The van der Waals surface area contributed by atoms with Crippen LogP contribution in [0.3, 0.4) is 0 Å². The molecule has 124 valence electrons. The first kappa shape index (κ1) is 16.0. The van der Waals surface area contributed by atoms with Crippen molar-refractivity contribution < 1.29 is 4.52 Å². The second kappa shape index (κ2) is 7.17. The summed E-state index contributed by atoms with van der Waals surface area (Å²) >= 11 is 5.07. The van der Waals surface area contributed by atoms with Crippen LogP contribution in [0.1, 0.15) is 30.2 Å². The van der Waals surface area contributed by atoms with Gasteiger partial charge in [0.1, 0.15) is 0 Å². The highest BCUT2D eigenvalue weighted by Gasteiger charge is 2.22. The van der Waals surface area contributed by atoms with Gasteiger partial charge >= 0.3 is 0 Å². The summed E-state index contributed by atoms with van der Waals surface area (Å²) in [7, 11) is 0. The lowest BCUT2D eigenvalue weighted by molar-refractivity contribution is 0.181. The van der Waals surface area contributed by atoms with Gasteiger partial charge in [0, 0.05) is 9.85 Å². The van der Waals surface area contributed by atoms with Crippen LogP contribution in [0, 0.1) is 0 Å². The van der Waals surface area contributed by atoms with E-state index in [4.69, 9.17) is 4.52 Å². The molecule has 0 unspecified atom stereocenters. The van der Waals surface area contributed by atoms with E-state index in [-0.39, 0.29) is 0 Å². The predicted molar refractivity (Wildman–Crippen MR) is 99.0 cm³/mol. The zero-order valence-corrected chi connectivity index (χ0v) is 15.6. The topological polar surface area (TPSA) is 42.2 Å². The first-order chi connectivity index (χ1) is 11.8. The first-order valence-corrected chi connectivity index (χ1v) is 9.79. The summed E-state index contributed by atoms with van der Waals surface area (Å²) < 4.78 is 6.48. The van der Waals surface area contributed by atoms with Gasteiger partial charge in [-0.1, -0.05) is 35.5 Å². The summed E-state index contributed by atoms with van der Waals surface area (Å²) in [6, 6.07) is 12.8. The maximum atomic E-state index is 5.43. The molecule has 2 aromatic heterocycles. The Balaban J connectivity index is 1.35. The summed E-state index contributed by atoms with van der Waals surface area (Å²) in [4.78, 5) is 7.97. The molecule has 1 aliphatic rings. The highest BCUT2D eigenvalue weighted by atomic mass is 79.9. The molecular formula is C18H18BrN3OS. The Morgan fingerprint density at radius 2 is 2.00 bits per heavy atom. The first-order valence-electron chi connectivity index (χ1n) is 8.12. The van der Waals surface area contributed by atoms with Gasteiger partial charge in [-0.25, -0.2) is 0 Å². The van der Waals surface area contributed by atoms with Crippen molar-refractivity contribution in [1.29, 1.82) is 0 Å². The molecule has 0 bridgehead atoms. The Morgan fingerprint density at radius 3 is 2.71 bits per heavy atom. The van der Waals surface area contributed by atoms with Crippen molar-refractivity contribution in [3.8, 4) is 10.7 Å². The van der Waals surface area contributed by atoms with Gasteiger partial charge in [0.25, 0.3) is 0 Å². The van der Waals surface area contributed by atoms with Crippen LogP contribution in [-0.2, 0) is 6.54 Å². The van der Waals surface area contributed by atoms with E-state index in [2.05, 4.69) is 61.3 Å². The minimum Gasteiger partial charge on any atom is -0.338 e. The molecular weight excluding hydrogens is 386 g/mol.